The van der Waals surface area contributed by atoms with Crippen molar-refractivity contribution in [3.63, 3.8) is 0 Å². The van der Waals surface area contributed by atoms with Gasteiger partial charge in [-0.2, -0.15) is 0 Å². The molecule has 0 atom stereocenters. The van der Waals surface area contributed by atoms with Crippen LogP contribution in [0.15, 0.2) is 18.2 Å². The van der Waals surface area contributed by atoms with Crippen molar-refractivity contribution < 1.29 is 9.47 Å². The quantitative estimate of drug-likeness (QED) is 0.742. The highest BCUT2D eigenvalue weighted by atomic mass is 16.5. The van der Waals surface area contributed by atoms with Gasteiger partial charge in [-0.3, -0.25) is 0 Å². The minimum Gasteiger partial charge on any atom is -0.493 e. The van der Waals surface area contributed by atoms with Gasteiger partial charge in [-0.05, 0) is 26.2 Å². The van der Waals surface area contributed by atoms with E-state index < -0.39 is 0 Å². The van der Waals surface area contributed by atoms with Gasteiger partial charge in [0.05, 0.1) is 7.11 Å². The molecule has 0 saturated carbocycles. The topological polar surface area (TPSA) is 33.7 Å². The Bertz CT molecular complexity index is 365. The predicted octanol–water partition coefficient (Wildman–Crippen LogP) is 2.14. The summed E-state index contributed by atoms with van der Waals surface area (Å²) in [6, 6.07) is 5.99. The number of rotatable bonds is 9. The molecule has 0 amide bonds. The maximum Gasteiger partial charge on any atom is 0.165 e. The van der Waals surface area contributed by atoms with Crippen LogP contribution < -0.4 is 14.8 Å². The van der Waals surface area contributed by atoms with E-state index in [1.807, 2.05) is 19.2 Å². The Morgan fingerprint density at radius 2 is 1.95 bits per heavy atom. The second kappa shape index (κ2) is 8.77. The van der Waals surface area contributed by atoms with Crippen LogP contribution in [0.5, 0.6) is 11.5 Å². The highest BCUT2D eigenvalue weighted by Crippen LogP contribution is 2.30. The molecule has 0 saturated heterocycles. The fraction of sp³-hybridized carbons (Fsp3) is 0.600. The second-order valence-corrected chi connectivity index (χ2v) is 4.35. The Balaban J connectivity index is 2.69. The number of ether oxygens (including phenoxy) is 2. The maximum atomic E-state index is 5.94. The van der Waals surface area contributed by atoms with Crippen molar-refractivity contribution >= 4 is 0 Å². The van der Waals surface area contributed by atoms with Gasteiger partial charge >= 0.3 is 0 Å². The molecule has 0 fully saturated rings. The van der Waals surface area contributed by atoms with Gasteiger partial charge in [0.25, 0.3) is 0 Å². The minimum atomic E-state index is 0.679. The zero-order chi connectivity index (χ0) is 14.1. The number of hydrogen-bond acceptors (Lipinski definition) is 4. The standard InChI is InChI=1S/C15H26N2O2/c1-5-17(6-2)10-11-19-15-13(12-16-3)8-7-9-14(15)18-4/h7-9,16H,5-6,10-12H2,1-4H3. The minimum absolute atomic E-state index is 0.679. The number of methoxy groups -OCH3 is 1. The van der Waals surface area contributed by atoms with Gasteiger partial charge in [0.1, 0.15) is 6.61 Å². The van der Waals surface area contributed by atoms with Gasteiger partial charge in [-0.25, -0.2) is 0 Å². The van der Waals surface area contributed by atoms with Crippen molar-refractivity contribution in [1.29, 1.82) is 0 Å². The molecular formula is C15H26N2O2. The summed E-state index contributed by atoms with van der Waals surface area (Å²) < 4.78 is 11.3. The zero-order valence-corrected chi connectivity index (χ0v) is 12.5. The molecule has 19 heavy (non-hydrogen) atoms. The van der Waals surface area contributed by atoms with Crippen LogP contribution in [0.1, 0.15) is 19.4 Å². The molecule has 0 bridgehead atoms. The van der Waals surface area contributed by atoms with Gasteiger partial charge < -0.3 is 19.7 Å². The zero-order valence-electron chi connectivity index (χ0n) is 12.5. The lowest BCUT2D eigenvalue weighted by molar-refractivity contribution is 0.215. The molecule has 0 aliphatic rings. The summed E-state index contributed by atoms with van der Waals surface area (Å²) in [5, 5.41) is 3.15. The first kappa shape index (κ1) is 15.8. The molecule has 1 aromatic carbocycles. The van der Waals surface area contributed by atoms with Crippen LogP contribution in [0.25, 0.3) is 0 Å². The van der Waals surface area contributed by atoms with E-state index in [9.17, 15) is 0 Å². The van der Waals surface area contributed by atoms with Gasteiger partial charge in [0.15, 0.2) is 11.5 Å². The Labute approximate surface area is 116 Å². The van der Waals surface area contributed by atoms with E-state index in [-0.39, 0.29) is 0 Å². The predicted molar refractivity (Wildman–Crippen MR) is 79.0 cm³/mol. The largest absolute Gasteiger partial charge is 0.493 e. The van der Waals surface area contributed by atoms with Crippen LogP contribution in [-0.2, 0) is 6.54 Å². The third-order valence-electron chi connectivity index (χ3n) is 3.20. The Morgan fingerprint density at radius 1 is 1.21 bits per heavy atom. The average Bonchev–Trinajstić information content (AvgIpc) is 2.45. The van der Waals surface area contributed by atoms with Gasteiger partial charge in [0, 0.05) is 18.7 Å². The Morgan fingerprint density at radius 3 is 2.53 bits per heavy atom. The number of likely N-dealkylation sites (N-methyl/N-ethyl adjacent to an activating group) is 1. The van der Waals surface area contributed by atoms with E-state index >= 15 is 0 Å². The lowest BCUT2D eigenvalue weighted by Crippen LogP contribution is -2.28. The van der Waals surface area contributed by atoms with E-state index in [0.29, 0.717) is 6.61 Å². The average molecular weight is 266 g/mol. The van der Waals surface area contributed by atoms with Crippen molar-refractivity contribution in [3.8, 4) is 11.5 Å². The highest BCUT2D eigenvalue weighted by Gasteiger charge is 2.10. The Kier molecular flexibility index (Phi) is 7.30. The lowest BCUT2D eigenvalue weighted by Gasteiger charge is -2.20. The molecule has 0 radical (unpaired) electrons. The molecule has 108 valence electrons. The van der Waals surface area contributed by atoms with Crippen LogP contribution in [0.2, 0.25) is 0 Å². The molecular weight excluding hydrogens is 240 g/mol. The summed E-state index contributed by atoms with van der Waals surface area (Å²) in [5.41, 5.74) is 1.13. The fourth-order valence-electron chi connectivity index (χ4n) is 2.03. The first-order valence-corrected chi connectivity index (χ1v) is 6.92. The smallest absolute Gasteiger partial charge is 0.165 e. The van der Waals surface area contributed by atoms with Crippen LogP contribution in [-0.4, -0.2) is 45.3 Å². The normalized spacial score (nSPS) is 10.8. The van der Waals surface area contributed by atoms with Gasteiger partial charge in [0.2, 0.25) is 0 Å². The first-order valence-electron chi connectivity index (χ1n) is 6.92. The molecule has 1 N–H and O–H groups in total. The maximum absolute atomic E-state index is 5.94. The third kappa shape index (κ3) is 4.73. The van der Waals surface area contributed by atoms with E-state index in [1.165, 1.54) is 0 Å². The number of nitrogens with zero attached hydrogens (tertiary/aromatic N) is 1. The first-order chi connectivity index (χ1) is 9.26. The molecule has 4 heteroatoms. The summed E-state index contributed by atoms with van der Waals surface area (Å²) in [6.07, 6.45) is 0. The molecule has 0 aliphatic heterocycles. The van der Waals surface area contributed by atoms with E-state index in [0.717, 1.165) is 43.2 Å². The van der Waals surface area contributed by atoms with Crippen LogP contribution in [0.4, 0.5) is 0 Å². The number of nitrogens with one attached hydrogen (secondary N) is 1. The summed E-state index contributed by atoms with van der Waals surface area (Å²) in [4.78, 5) is 2.34. The van der Waals surface area contributed by atoms with Crippen LogP contribution in [0.3, 0.4) is 0 Å². The van der Waals surface area contributed by atoms with E-state index in [2.05, 4.69) is 30.1 Å². The lowest BCUT2D eigenvalue weighted by atomic mass is 10.2. The van der Waals surface area contributed by atoms with Crippen LogP contribution >= 0.6 is 0 Å². The van der Waals surface area contributed by atoms with Crippen molar-refractivity contribution in [2.45, 2.75) is 20.4 Å². The summed E-state index contributed by atoms with van der Waals surface area (Å²) >= 11 is 0. The molecule has 0 heterocycles. The molecule has 0 aliphatic carbocycles. The molecule has 4 nitrogen and oxygen atoms in total. The number of hydrogen-bond donors (Lipinski definition) is 1. The Hall–Kier alpha value is -1.26. The van der Waals surface area contributed by atoms with Crippen molar-refractivity contribution in [3.05, 3.63) is 23.8 Å². The molecule has 1 aromatic rings. The molecule has 1 rings (SSSR count). The third-order valence-corrected chi connectivity index (χ3v) is 3.20. The second-order valence-electron chi connectivity index (χ2n) is 4.35. The van der Waals surface area contributed by atoms with E-state index in [4.69, 9.17) is 9.47 Å². The van der Waals surface area contributed by atoms with Crippen molar-refractivity contribution in [1.82, 2.24) is 10.2 Å². The number of para-hydroxylation sites is 1. The van der Waals surface area contributed by atoms with Crippen molar-refractivity contribution in [2.75, 3.05) is 40.4 Å². The fourth-order valence-corrected chi connectivity index (χ4v) is 2.03. The van der Waals surface area contributed by atoms with Crippen LogP contribution in [0, 0.1) is 0 Å². The summed E-state index contributed by atoms with van der Waals surface area (Å²) in [7, 11) is 3.61. The van der Waals surface area contributed by atoms with Gasteiger partial charge in [-0.1, -0.05) is 26.0 Å². The summed E-state index contributed by atoms with van der Waals surface area (Å²) in [5.74, 6) is 1.65. The van der Waals surface area contributed by atoms with E-state index in [1.54, 1.807) is 7.11 Å². The molecule has 0 unspecified atom stereocenters. The van der Waals surface area contributed by atoms with Crippen molar-refractivity contribution in [2.24, 2.45) is 0 Å². The SMILES string of the molecule is CCN(CC)CCOc1c(CNC)cccc1OC. The molecule has 0 spiro atoms. The summed E-state index contributed by atoms with van der Waals surface area (Å²) in [6.45, 7) is 8.82. The molecule has 0 aromatic heterocycles. The van der Waals surface area contributed by atoms with Gasteiger partial charge in [-0.15, -0.1) is 0 Å². The number of benzene rings is 1. The monoisotopic (exact) mass is 266 g/mol. The highest BCUT2D eigenvalue weighted by molar-refractivity contribution is 5.46.